The number of nitrogens with zero attached hydrogens (tertiary/aromatic N) is 2. The Labute approximate surface area is 119 Å². The van der Waals surface area contributed by atoms with Gasteiger partial charge in [-0.15, -0.1) is 0 Å². The van der Waals surface area contributed by atoms with Gasteiger partial charge in [0.25, 0.3) is 0 Å². The van der Waals surface area contributed by atoms with Crippen molar-refractivity contribution in [3.05, 3.63) is 0 Å². The molecule has 0 N–H and O–H groups in total. The molecule has 0 aromatic heterocycles. The Bertz CT molecular complexity index is 300. The Morgan fingerprint density at radius 1 is 1.16 bits per heavy atom. The third kappa shape index (κ3) is 3.39. The summed E-state index contributed by atoms with van der Waals surface area (Å²) in [6.45, 7) is 9.60. The third-order valence-corrected chi connectivity index (χ3v) is 5.61. The maximum Gasteiger partial charge on any atom is 0.0273 e. The summed E-state index contributed by atoms with van der Waals surface area (Å²) in [6.07, 6.45) is 12.0. The van der Waals surface area contributed by atoms with E-state index < -0.39 is 0 Å². The van der Waals surface area contributed by atoms with Crippen LogP contribution in [0.4, 0.5) is 0 Å². The Kier molecular flexibility index (Phi) is 4.70. The van der Waals surface area contributed by atoms with Crippen LogP contribution in [0, 0.1) is 11.3 Å². The van der Waals surface area contributed by atoms with Gasteiger partial charge in [-0.05, 0) is 83.5 Å². The van der Waals surface area contributed by atoms with Gasteiger partial charge >= 0.3 is 0 Å². The molecule has 0 radical (unpaired) electrons. The second kappa shape index (κ2) is 5.95. The molecule has 0 atom stereocenters. The van der Waals surface area contributed by atoms with E-state index >= 15 is 0 Å². The fourth-order valence-corrected chi connectivity index (χ4v) is 4.21. The predicted octanol–water partition coefficient (Wildman–Crippen LogP) is 4.15. The Morgan fingerprint density at radius 3 is 2.21 bits per heavy atom. The van der Waals surface area contributed by atoms with Crippen molar-refractivity contribution in [2.24, 2.45) is 16.3 Å². The summed E-state index contributed by atoms with van der Waals surface area (Å²) in [6, 6.07) is 0. The van der Waals surface area contributed by atoms with Crippen molar-refractivity contribution in [1.29, 1.82) is 0 Å². The minimum Gasteiger partial charge on any atom is -0.301 e. The predicted molar refractivity (Wildman–Crippen MR) is 84.0 cm³/mol. The maximum absolute atomic E-state index is 4.28. The van der Waals surface area contributed by atoms with Gasteiger partial charge < -0.3 is 4.99 Å². The fourth-order valence-electron chi connectivity index (χ4n) is 4.21. The molecule has 0 amide bonds. The number of piperidine rings is 1. The summed E-state index contributed by atoms with van der Waals surface area (Å²) >= 11 is 0. The molecule has 0 bridgehead atoms. The molecule has 1 saturated heterocycles. The van der Waals surface area contributed by atoms with Crippen LogP contribution in [0.2, 0.25) is 0 Å². The van der Waals surface area contributed by atoms with E-state index in [0.717, 1.165) is 5.92 Å². The Morgan fingerprint density at radius 2 is 1.74 bits per heavy atom. The van der Waals surface area contributed by atoms with Crippen molar-refractivity contribution in [3.63, 3.8) is 0 Å². The molecule has 2 rings (SSSR count). The number of likely N-dealkylation sites (tertiary alicyclic amines) is 1. The molecule has 0 spiro atoms. The van der Waals surface area contributed by atoms with Gasteiger partial charge in [-0.3, -0.25) is 4.90 Å². The molecular weight excluding hydrogens is 232 g/mol. The van der Waals surface area contributed by atoms with Gasteiger partial charge in [-0.25, -0.2) is 0 Å². The average molecular weight is 264 g/mol. The minimum absolute atomic E-state index is 0.334. The van der Waals surface area contributed by atoms with Crippen LogP contribution in [0.3, 0.4) is 0 Å². The summed E-state index contributed by atoms with van der Waals surface area (Å²) in [5.41, 5.74) is 0.901. The summed E-state index contributed by atoms with van der Waals surface area (Å²) < 4.78 is 0. The van der Waals surface area contributed by atoms with E-state index in [0.29, 0.717) is 11.0 Å². The Hall–Kier alpha value is -0.370. The van der Waals surface area contributed by atoms with Crippen LogP contribution in [-0.4, -0.2) is 36.8 Å². The number of rotatable bonds is 3. The zero-order chi connectivity index (χ0) is 13.9. The number of hydrogen-bond acceptors (Lipinski definition) is 2. The van der Waals surface area contributed by atoms with Gasteiger partial charge in [-0.2, -0.15) is 0 Å². The second-order valence-corrected chi connectivity index (χ2v) is 7.65. The Balaban J connectivity index is 2.05. The van der Waals surface area contributed by atoms with Crippen molar-refractivity contribution >= 4 is 6.21 Å². The normalized spacial score (nSPS) is 26.3. The van der Waals surface area contributed by atoms with E-state index in [1.54, 1.807) is 0 Å². The van der Waals surface area contributed by atoms with Crippen molar-refractivity contribution < 1.29 is 0 Å². The number of hydrogen-bond donors (Lipinski definition) is 0. The molecule has 1 heterocycles. The summed E-state index contributed by atoms with van der Waals surface area (Å²) in [5.74, 6) is 0.965. The van der Waals surface area contributed by atoms with Crippen LogP contribution in [0.15, 0.2) is 4.99 Å². The molecule has 0 aromatic rings. The molecule has 19 heavy (non-hydrogen) atoms. The molecule has 0 aromatic carbocycles. The highest BCUT2D eigenvalue weighted by Crippen LogP contribution is 2.49. The highest BCUT2D eigenvalue weighted by Gasteiger charge is 2.42. The molecule has 2 aliphatic rings. The smallest absolute Gasteiger partial charge is 0.0273 e. The molecule has 2 nitrogen and oxygen atoms in total. The van der Waals surface area contributed by atoms with Gasteiger partial charge in [0, 0.05) is 12.6 Å². The van der Waals surface area contributed by atoms with Crippen LogP contribution < -0.4 is 0 Å². The van der Waals surface area contributed by atoms with Gasteiger partial charge in [0.1, 0.15) is 0 Å². The summed E-state index contributed by atoms with van der Waals surface area (Å²) in [5, 5.41) is 0. The van der Waals surface area contributed by atoms with Crippen molar-refractivity contribution in [3.8, 4) is 0 Å². The van der Waals surface area contributed by atoms with E-state index in [2.05, 4.69) is 36.9 Å². The monoisotopic (exact) mass is 264 g/mol. The largest absolute Gasteiger partial charge is 0.301 e. The quantitative estimate of drug-likeness (QED) is 0.699. The highest BCUT2D eigenvalue weighted by atomic mass is 15.2. The average Bonchev–Trinajstić information content (AvgIpc) is 2.90. The summed E-state index contributed by atoms with van der Waals surface area (Å²) in [4.78, 5) is 6.95. The first-order valence-electron chi connectivity index (χ1n) is 8.14. The first-order valence-corrected chi connectivity index (χ1v) is 8.14. The molecule has 1 aliphatic heterocycles. The lowest BCUT2D eigenvalue weighted by molar-refractivity contribution is 0.0142. The topological polar surface area (TPSA) is 15.6 Å². The van der Waals surface area contributed by atoms with Crippen LogP contribution >= 0.6 is 0 Å². The van der Waals surface area contributed by atoms with Gasteiger partial charge in [0.15, 0.2) is 0 Å². The second-order valence-electron chi connectivity index (χ2n) is 7.65. The van der Waals surface area contributed by atoms with E-state index in [4.69, 9.17) is 0 Å². The van der Waals surface area contributed by atoms with Crippen LogP contribution in [-0.2, 0) is 0 Å². The number of aliphatic imine (C=N–C) groups is 1. The van der Waals surface area contributed by atoms with Crippen LogP contribution in [0.1, 0.15) is 65.7 Å². The molecule has 2 heteroatoms. The molecule has 0 unspecified atom stereocenters. The first kappa shape index (κ1) is 15.0. The van der Waals surface area contributed by atoms with E-state index in [9.17, 15) is 0 Å². The standard InChI is InChI=1S/C17H32N2/c1-16(2,3)19-13-10-17(11-14-19,9-12-18-4)15-7-5-6-8-15/h12,15H,5-11,13-14H2,1-4H3/b18-12-. The molecule has 2 fully saturated rings. The first-order chi connectivity index (χ1) is 8.98. The van der Waals surface area contributed by atoms with E-state index in [1.807, 2.05) is 7.05 Å². The van der Waals surface area contributed by atoms with Crippen molar-refractivity contribution in [1.82, 2.24) is 4.90 Å². The lowest BCUT2D eigenvalue weighted by Gasteiger charge is -2.49. The zero-order valence-corrected chi connectivity index (χ0v) is 13.4. The lowest BCUT2D eigenvalue weighted by Crippen LogP contribution is -2.50. The molecular formula is C17H32N2. The highest BCUT2D eigenvalue weighted by molar-refractivity contribution is 5.58. The van der Waals surface area contributed by atoms with Gasteiger partial charge in [-0.1, -0.05) is 12.8 Å². The lowest BCUT2D eigenvalue weighted by atomic mass is 9.65. The minimum atomic E-state index is 0.334. The van der Waals surface area contributed by atoms with E-state index in [1.165, 1.54) is 58.0 Å². The zero-order valence-electron chi connectivity index (χ0n) is 13.4. The van der Waals surface area contributed by atoms with Crippen LogP contribution in [0.25, 0.3) is 0 Å². The third-order valence-electron chi connectivity index (χ3n) is 5.61. The van der Waals surface area contributed by atoms with Crippen molar-refractivity contribution in [2.45, 2.75) is 71.3 Å². The van der Waals surface area contributed by atoms with Crippen LogP contribution in [0.5, 0.6) is 0 Å². The molecule has 1 saturated carbocycles. The molecule has 110 valence electrons. The fraction of sp³-hybridized carbons (Fsp3) is 0.941. The van der Waals surface area contributed by atoms with Gasteiger partial charge in [0.05, 0.1) is 0 Å². The summed E-state index contributed by atoms with van der Waals surface area (Å²) in [7, 11) is 1.92. The SMILES string of the molecule is C/N=C\CC1(C2CCCC2)CCN(C(C)(C)C)CC1. The van der Waals surface area contributed by atoms with Gasteiger partial charge in [0.2, 0.25) is 0 Å². The molecule has 1 aliphatic carbocycles. The van der Waals surface area contributed by atoms with E-state index in [-0.39, 0.29) is 0 Å². The van der Waals surface area contributed by atoms with Crippen molar-refractivity contribution in [2.75, 3.05) is 20.1 Å². The maximum atomic E-state index is 4.28.